The monoisotopic (exact) mass is 294 g/mol. The first kappa shape index (κ1) is 16.0. The minimum atomic E-state index is -0.740. The van der Waals surface area contributed by atoms with Gasteiger partial charge in [0.2, 0.25) is 0 Å². The molecule has 6 heteroatoms. The smallest absolute Gasteiger partial charge is 0.320 e. The van der Waals surface area contributed by atoms with Crippen molar-refractivity contribution in [2.24, 2.45) is 0 Å². The highest BCUT2D eigenvalue weighted by atomic mass is 16.4. The summed E-state index contributed by atoms with van der Waals surface area (Å²) in [6.07, 6.45) is 3.12. The van der Waals surface area contributed by atoms with Gasteiger partial charge in [-0.3, -0.25) is 19.3 Å². The zero-order valence-electron chi connectivity index (χ0n) is 13.2. The summed E-state index contributed by atoms with van der Waals surface area (Å²) in [5.41, 5.74) is 1.09. The Morgan fingerprint density at radius 2 is 2.00 bits per heavy atom. The van der Waals surface area contributed by atoms with Crippen LogP contribution in [0.15, 0.2) is 12.3 Å². The van der Waals surface area contributed by atoms with Crippen LogP contribution in [0.4, 0.5) is 0 Å². The summed E-state index contributed by atoms with van der Waals surface area (Å²) in [4.78, 5) is 15.4. The molecule has 6 nitrogen and oxygen atoms in total. The molecule has 0 amide bonds. The number of rotatable bonds is 6. The molecule has 2 atom stereocenters. The number of hydrogen-bond acceptors (Lipinski definition) is 4. The van der Waals surface area contributed by atoms with Gasteiger partial charge in [0.15, 0.2) is 0 Å². The maximum Gasteiger partial charge on any atom is 0.320 e. The molecule has 0 radical (unpaired) electrons. The largest absolute Gasteiger partial charge is 0.480 e. The Balaban J connectivity index is 1.83. The van der Waals surface area contributed by atoms with E-state index in [0.29, 0.717) is 6.04 Å². The Labute approximate surface area is 126 Å². The van der Waals surface area contributed by atoms with Gasteiger partial charge in [-0.15, -0.1) is 0 Å². The van der Waals surface area contributed by atoms with E-state index in [-0.39, 0.29) is 0 Å². The lowest BCUT2D eigenvalue weighted by Crippen LogP contribution is -2.51. The molecule has 0 aliphatic carbocycles. The Morgan fingerprint density at radius 3 is 2.57 bits per heavy atom. The SMILES string of the molecule is CCC(C)n1ccc(CN2CCN(C(C)C(=O)O)CC2)n1. The normalized spacial score (nSPS) is 20.3. The van der Waals surface area contributed by atoms with E-state index in [1.54, 1.807) is 6.92 Å². The Hall–Kier alpha value is -1.40. The molecule has 2 rings (SSSR count). The molecule has 0 bridgehead atoms. The number of piperazine rings is 1. The Bertz CT molecular complexity index is 466. The summed E-state index contributed by atoms with van der Waals surface area (Å²) in [7, 11) is 0. The number of carbonyl (C=O) groups is 1. The molecule has 1 aliphatic heterocycles. The number of hydrogen-bond donors (Lipinski definition) is 1. The van der Waals surface area contributed by atoms with Crippen molar-refractivity contribution in [2.45, 2.75) is 45.8 Å². The number of carboxylic acid groups (broad SMARTS) is 1. The summed E-state index contributed by atoms with van der Waals surface area (Å²) in [5.74, 6) is -0.740. The molecule has 1 saturated heterocycles. The van der Waals surface area contributed by atoms with Gasteiger partial charge in [0, 0.05) is 45.0 Å². The van der Waals surface area contributed by atoms with Crippen molar-refractivity contribution in [2.75, 3.05) is 26.2 Å². The lowest BCUT2D eigenvalue weighted by atomic mass is 10.2. The van der Waals surface area contributed by atoms with Crippen molar-refractivity contribution in [1.82, 2.24) is 19.6 Å². The van der Waals surface area contributed by atoms with Crippen LogP contribution in [0.2, 0.25) is 0 Å². The van der Waals surface area contributed by atoms with Gasteiger partial charge < -0.3 is 5.11 Å². The Morgan fingerprint density at radius 1 is 1.33 bits per heavy atom. The highest BCUT2D eigenvalue weighted by molar-refractivity contribution is 5.72. The molecule has 2 heterocycles. The zero-order valence-corrected chi connectivity index (χ0v) is 13.2. The molecule has 1 fully saturated rings. The first-order valence-electron chi connectivity index (χ1n) is 7.74. The molecular weight excluding hydrogens is 268 g/mol. The van der Waals surface area contributed by atoms with Gasteiger partial charge in [-0.2, -0.15) is 5.10 Å². The predicted molar refractivity (Wildman–Crippen MR) is 81.2 cm³/mol. The lowest BCUT2D eigenvalue weighted by Gasteiger charge is -2.36. The van der Waals surface area contributed by atoms with E-state index in [1.807, 2.05) is 15.8 Å². The zero-order chi connectivity index (χ0) is 15.4. The molecule has 0 saturated carbocycles. The highest BCUT2D eigenvalue weighted by Crippen LogP contribution is 2.12. The molecule has 1 aromatic rings. The highest BCUT2D eigenvalue weighted by Gasteiger charge is 2.25. The molecule has 21 heavy (non-hydrogen) atoms. The average Bonchev–Trinajstić information content (AvgIpc) is 2.95. The fraction of sp³-hybridized carbons (Fsp3) is 0.733. The Kier molecular flexibility index (Phi) is 5.36. The van der Waals surface area contributed by atoms with E-state index in [1.165, 1.54) is 0 Å². The van der Waals surface area contributed by atoms with Crippen molar-refractivity contribution in [3.63, 3.8) is 0 Å². The third kappa shape index (κ3) is 4.04. The van der Waals surface area contributed by atoms with Crippen LogP contribution in [0, 0.1) is 0 Å². The second-order valence-electron chi connectivity index (χ2n) is 5.87. The van der Waals surface area contributed by atoms with Crippen LogP contribution in [0.25, 0.3) is 0 Å². The van der Waals surface area contributed by atoms with Gasteiger partial charge in [0.25, 0.3) is 0 Å². The van der Waals surface area contributed by atoms with Gasteiger partial charge in [0.05, 0.1) is 5.69 Å². The second kappa shape index (κ2) is 7.04. The molecule has 1 N–H and O–H groups in total. The first-order chi connectivity index (χ1) is 10.0. The summed E-state index contributed by atoms with van der Waals surface area (Å²) in [5, 5.41) is 13.7. The number of aliphatic carboxylic acids is 1. The molecule has 2 unspecified atom stereocenters. The topological polar surface area (TPSA) is 61.6 Å². The lowest BCUT2D eigenvalue weighted by molar-refractivity contribution is -0.143. The summed E-state index contributed by atoms with van der Waals surface area (Å²) in [6.45, 7) is 10.3. The van der Waals surface area contributed by atoms with E-state index in [2.05, 4.69) is 29.9 Å². The van der Waals surface area contributed by atoms with Gasteiger partial charge in [-0.1, -0.05) is 6.92 Å². The number of nitrogens with zero attached hydrogens (tertiary/aromatic N) is 4. The van der Waals surface area contributed by atoms with E-state index < -0.39 is 12.0 Å². The van der Waals surface area contributed by atoms with Crippen molar-refractivity contribution < 1.29 is 9.90 Å². The molecular formula is C15H26N4O2. The summed E-state index contributed by atoms with van der Waals surface area (Å²) < 4.78 is 2.03. The maximum absolute atomic E-state index is 11.0. The minimum absolute atomic E-state index is 0.392. The van der Waals surface area contributed by atoms with Crippen molar-refractivity contribution in [1.29, 1.82) is 0 Å². The summed E-state index contributed by atoms with van der Waals surface area (Å²) >= 11 is 0. The molecule has 1 aliphatic rings. The van der Waals surface area contributed by atoms with Gasteiger partial charge in [-0.05, 0) is 26.3 Å². The fourth-order valence-corrected chi connectivity index (χ4v) is 2.59. The van der Waals surface area contributed by atoms with Crippen molar-refractivity contribution >= 4 is 5.97 Å². The number of carboxylic acids is 1. The van der Waals surface area contributed by atoms with E-state index >= 15 is 0 Å². The second-order valence-corrected chi connectivity index (χ2v) is 5.87. The van der Waals surface area contributed by atoms with E-state index in [0.717, 1.165) is 44.8 Å². The minimum Gasteiger partial charge on any atom is -0.480 e. The van der Waals surface area contributed by atoms with Crippen LogP contribution in [-0.4, -0.2) is 62.9 Å². The van der Waals surface area contributed by atoms with Crippen molar-refractivity contribution in [3.05, 3.63) is 18.0 Å². The fourth-order valence-electron chi connectivity index (χ4n) is 2.59. The third-order valence-corrected chi connectivity index (χ3v) is 4.40. The van der Waals surface area contributed by atoms with Crippen LogP contribution in [0.3, 0.4) is 0 Å². The van der Waals surface area contributed by atoms with Crippen LogP contribution in [0.1, 0.15) is 38.9 Å². The first-order valence-corrected chi connectivity index (χ1v) is 7.74. The molecule has 0 aromatic carbocycles. The predicted octanol–water partition coefficient (Wildman–Crippen LogP) is 1.44. The maximum atomic E-state index is 11.0. The van der Waals surface area contributed by atoms with E-state index in [4.69, 9.17) is 5.11 Å². The number of aromatic nitrogens is 2. The average molecular weight is 294 g/mol. The van der Waals surface area contributed by atoms with Gasteiger partial charge >= 0.3 is 5.97 Å². The van der Waals surface area contributed by atoms with Gasteiger partial charge in [-0.25, -0.2) is 0 Å². The van der Waals surface area contributed by atoms with Crippen LogP contribution < -0.4 is 0 Å². The molecule has 118 valence electrons. The van der Waals surface area contributed by atoms with Crippen LogP contribution >= 0.6 is 0 Å². The van der Waals surface area contributed by atoms with Crippen LogP contribution in [-0.2, 0) is 11.3 Å². The quantitative estimate of drug-likeness (QED) is 0.860. The third-order valence-electron chi connectivity index (χ3n) is 4.40. The molecule has 1 aromatic heterocycles. The van der Waals surface area contributed by atoms with Crippen molar-refractivity contribution in [3.8, 4) is 0 Å². The van der Waals surface area contributed by atoms with Gasteiger partial charge in [0.1, 0.15) is 6.04 Å². The van der Waals surface area contributed by atoms with Crippen LogP contribution in [0.5, 0.6) is 0 Å². The van der Waals surface area contributed by atoms with E-state index in [9.17, 15) is 4.79 Å². The standard InChI is InChI=1S/C15H26N4O2/c1-4-12(2)19-6-5-14(16-19)11-17-7-9-18(10-8-17)13(3)15(20)21/h5-6,12-13H,4,7-11H2,1-3H3,(H,20,21). The molecule has 0 spiro atoms. The summed E-state index contributed by atoms with van der Waals surface area (Å²) in [6, 6.07) is 2.13.